The van der Waals surface area contributed by atoms with Gasteiger partial charge >= 0.3 is 0 Å². The molecule has 0 N–H and O–H groups in total. The minimum absolute atomic E-state index is 0.0785. The molecule has 2 nitrogen and oxygen atoms in total. The van der Waals surface area contributed by atoms with Gasteiger partial charge in [0, 0.05) is 18.4 Å². The van der Waals surface area contributed by atoms with Crippen LogP contribution in [-0.4, -0.2) is 5.78 Å². The first kappa shape index (κ1) is 15.8. The van der Waals surface area contributed by atoms with Crippen molar-refractivity contribution < 1.29 is 4.79 Å². The van der Waals surface area contributed by atoms with Crippen LogP contribution in [0.15, 0.2) is 24.3 Å². The van der Waals surface area contributed by atoms with E-state index in [-0.39, 0.29) is 5.78 Å². The molecule has 0 heterocycles. The highest BCUT2D eigenvalue weighted by atomic mass is 16.1. The molecule has 0 radical (unpaired) electrons. The second-order valence-electron chi connectivity index (χ2n) is 6.21. The zero-order valence-corrected chi connectivity index (χ0v) is 13.0. The highest BCUT2D eigenvalue weighted by Crippen LogP contribution is 2.37. The highest BCUT2D eigenvalue weighted by Gasteiger charge is 2.21. The Hall–Kier alpha value is -1.62. The summed E-state index contributed by atoms with van der Waals surface area (Å²) in [6.45, 7) is 2.27. The number of hydrogen-bond acceptors (Lipinski definition) is 2. The van der Waals surface area contributed by atoms with Gasteiger partial charge in [0.05, 0.1) is 6.07 Å². The van der Waals surface area contributed by atoms with E-state index in [1.165, 1.54) is 44.1 Å². The Morgan fingerprint density at radius 1 is 1.19 bits per heavy atom. The van der Waals surface area contributed by atoms with Gasteiger partial charge in [0.25, 0.3) is 0 Å². The quantitative estimate of drug-likeness (QED) is 0.669. The first-order valence-electron chi connectivity index (χ1n) is 8.24. The first-order chi connectivity index (χ1) is 10.2. The van der Waals surface area contributed by atoms with Gasteiger partial charge < -0.3 is 0 Å². The molecule has 0 bridgehead atoms. The Labute approximate surface area is 128 Å². The maximum absolute atomic E-state index is 11.9. The molecule has 0 aromatic heterocycles. The lowest BCUT2D eigenvalue weighted by Crippen LogP contribution is -2.13. The topological polar surface area (TPSA) is 40.9 Å². The van der Waals surface area contributed by atoms with Crippen LogP contribution in [0.5, 0.6) is 0 Å². The summed E-state index contributed by atoms with van der Waals surface area (Å²) in [5, 5.41) is 8.53. The Kier molecular flexibility index (Phi) is 5.99. The summed E-state index contributed by atoms with van der Waals surface area (Å²) in [5.41, 5.74) is 2.12. The van der Waals surface area contributed by atoms with E-state index in [1.807, 2.05) is 18.2 Å². The lowest BCUT2D eigenvalue weighted by molar-refractivity contribution is 0.0984. The molecular formula is C19H25NO. The Bertz CT molecular complexity index is 489. The van der Waals surface area contributed by atoms with Crippen molar-refractivity contribution in [3.05, 3.63) is 35.4 Å². The number of nitrogens with zero attached hydrogens (tertiary/aromatic N) is 1. The van der Waals surface area contributed by atoms with Gasteiger partial charge in [0.1, 0.15) is 0 Å². The monoisotopic (exact) mass is 283 g/mol. The molecule has 0 saturated heterocycles. The largest absolute Gasteiger partial charge is 0.294 e. The summed E-state index contributed by atoms with van der Waals surface area (Å²) in [4.78, 5) is 11.9. The molecule has 0 aliphatic heterocycles. The number of rotatable bonds is 6. The Balaban J connectivity index is 1.91. The van der Waals surface area contributed by atoms with Crippen molar-refractivity contribution in [3.63, 3.8) is 0 Å². The fraction of sp³-hybridized carbons (Fsp3) is 0.579. The molecule has 0 amide bonds. The van der Waals surface area contributed by atoms with Crippen LogP contribution in [0.3, 0.4) is 0 Å². The molecule has 1 fully saturated rings. The van der Waals surface area contributed by atoms with Gasteiger partial charge in [-0.15, -0.1) is 0 Å². The van der Waals surface area contributed by atoms with Crippen molar-refractivity contribution in [2.24, 2.45) is 5.92 Å². The molecule has 112 valence electrons. The maximum Gasteiger partial charge on any atom is 0.163 e. The predicted molar refractivity (Wildman–Crippen MR) is 85.2 cm³/mol. The minimum Gasteiger partial charge on any atom is -0.294 e. The average Bonchev–Trinajstić information content (AvgIpc) is 2.54. The van der Waals surface area contributed by atoms with E-state index in [4.69, 9.17) is 5.26 Å². The van der Waals surface area contributed by atoms with Gasteiger partial charge in [0.2, 0.25) is 0 Å². The Morgan fingerprint density at radius 3 is 2.43 bits per heavy atom. The van der Waals surface area contributed by atoms with Crippen LogP contribution in [0.25, 0.3) is 0 Å². The minimum atomic E-state index is 0.0785. The number of carbonyl (C=O) groups excluding carboxylic acids is 1. The molecule has 1 aromatic carbocycles. The molecule has 2 heteroatoms. The molecule has 1 aliphatic rings. The summed E-state index contributed by atoms with van der Waals surface area (Å²) in [6.07, 6.45) is 8.58. The molecule has 1 aliphatic carbocycles. The van der Waals surface area contributed by atoms with Crippen LogP contribution in [-0.2, 0) is 0 Å². The third kappa shape index (κ3) is 4.43. The van der Waals surface area contributed by atoms with Crippen LogP contribution in [0.1, 0.15) is 80.1 Å². The number of hydrogen-bond donors (Lipinski definition) is 0. The van der Waals surface area contributed by atoms with Crippen molar-refractivity contribution >= 4 is 5.78 Å². The molecular weight excluding hydrogens is 258 g/mol. The summed E-state index contributed by atoms with van der Waals surface area (Å²) >= 11 is 0. The summed E-state index contributed by atoms with van der Waals surface area (Å²) < 4.78 is 0. The predicted octanol–water partition coefficient (Wildman–Crippen LogP) is 5.25. The second kappa shape index (κ2) is 7.98. The van der Waals surface area contributed by atoms with E-state index in [9.17, 15) is 4.79 Å². The van der Waals surface area contributed by atoms with Crippen LogP contribution >= 0.6 is 0 Å². The van der Waals surface area contributed by atoms with Gasteiger partial charge in [-0.3, -0.25) is 4.79 Å². The highest BCUT2D eigenvalue weighted by molar-refractivity contribution is 5.96. The number of carbonyl (C=O) groups is 1. The summed E-state index contributed by atoms with van der Waals surface area (Å²) in [7, 11) is 0. The number of nitriles is 1. The molecule has 1 saturated carbocycles. The van der Waals surface area contributed by atoms with Crippen LogP contribution in [0.2, 0.25) is 0 Å². The zero-order chi connectivity index (χ0) is 15.1. The molecule has 0 spiro atoms. The Morgan fingerprint density at radius 2 is 1.86 bits per heavy atom. The second-order valence-corrected chi connectivity index (χ2v) is 6.21. The fourth-order valence-corrected chi connectivity index (χ4v) is 3.45. The van der Waals surface area contributed by atoms with E-state index in [1.54, 1.807) is 0 Å². The van der Waals surface area contributed by atoms with Crippen molar-refractivity contribution in [2.75, 3.05) is 0 Å². The number of ketones is 1. The average molecular weight is 283 g/mol. The van der Waals surface area contributed by atoms with Crippen LogP contribution < -0.4 is 0 Å². The van der Waals surface area contributed by atoms with Gasteiger partial charge in [-0.05, 0) is 43.1 Å². The van der Waals surface area contributed by atoms with Crippen molar-refractivity contribution in [1.29, 1.82) is 5.26 Å². The van der Waals surface area contributed by atoms with Crippen molar-refractivity contribution in [1.82, 2.24) is 0 Å². The third-order valence-corrected chi connectivity index (χ3v) is 4.71. The summed E-state index contributed by atoms with van der Waals surface area (Å²) in [6, 6.07) is 10.1. The van der Waals surface area contributed by atoms with E-state index < -0.39 is 0 Å². The molecule has 0 unspecified atom stereocenters. The van der Waals surface area contributed by atoms with Crippen LogP contribution in [0, 0.1) is 17.2 Å². The van der Waals surface area contributed by atoms with Crippen molar-refractivity contribution in [3.8, 4) is 6.07 Å². The van der Waals surface area contributed by atoms with Gasteiger partial charge in [-0.1, -0.05) is 44.0 Å². The normalized spacial score (nSPS) is 21.7. The van der Waals surface area contributed by atoms with Crippen LogP contribution in [0.4, 0.5) is 0 Å². The van der Waals surface area contributed by atoms with E-state index in [0.717, 1.165) is 11.5 Å². The SMILES string of the molecule is CCCC1CCC(c2ccc(C(=O)CCC#N)cc2)CC1. The standard InChI is InChI=1S/C19H25NO/c1-2-4-15-6-8-16(9-7-15)17-10-12-18(13-11-17)19(21)5-3-14-20/h10-13,15-16H,2-9H2,1H3. The summed E-state index contributed by atoms with van der Waals surface area (Å²) in [5.74, 6) is 1.68. The first-order valence-corrected chi connectivity index (χ1v) is 8.24. The molecule has 1 aromatic rings. The smallest absolute Gasteiger partial charge is 0.163 e. The van der Waals surface area contributed by atoms with E-state index in [0.29, 0.717) is 18.8 Å². The zero-order valence-electron chi connectivity index (χ0n) is 13.0. The van der Waals surface area contributed by atoms with Gasteiger partial charge in [-0.2, -0.15) is 5.26 Å². The lowest BCUT2D eigenvalue weighted by Gasteiger charge is -2.28. The van der Waals surface area contributed by atoms with E-state index in [2.05, 4.69) is 19.1 Å². The maximum atomic E-state index is 11.9. The van der Waals surface area contributed by atoms with E-state index >= 15 is 0 Å². The van der Waals surface area contributed by atoms with Gasteiger partial charge in [0.15, 0.2) is 5.78 Å². The van der Waals surface area contributed by atoms with Crippen molar-refractivity contribution in [2.45, 2.75) is 64.2 Å². The molecule has 21 heavy (non-hydrogen) atoms. The number of benzene rings is 1. The molecule has 0 atom stereocenters. The lowest BCUT2D eigenvalue weighted by atomic mass is 9.77. The molecule has 2 rings (SSSR count). The van der Waals surface area contributed by atoms with Gasteiger partial charge in [-0.25, -0.2) is 0 Å². The fourth-order valence-electron chi connectivity index (χ4n) is 3.45. The third-order valence-electron chi connectivity index (χ3n) is 4.71. The number of Topliss-reactive ketones (excluding diaryl/α,β-unsaturated/α-hetero) is 1.